The lowest BCUT2D eigenvalue weighted by Gasteiger charge is -2.29. The Morgan fingerprint density at radius 3 is 2.43 bits per heavy atom. The lowest BCUT2D eigenvalue weighted by Crippen LogP contribution is -2.33. The molecule has 0 aliphatic heterocycles. The summed E-state index contributed by atoms with van der Waals surface area (Å²) >= 11 is 0. The third-order valence-corrected chi connectivity index (χ3v) is 6.55. The van der Waals surface area contributed by atoms with Crippen LogP contribution in [-0.2, 0) is 4.79 Å². The van der Waals surface area contributed by atoms with Gasteiger partial charge in [-0.1, -0.05) is 20.8 Å². The van der Waals surface area contributed by atoms with Crippen molar-refractivity contribution in [1.82, 2.24) is 0 Å². The number of carbonyl (C=O) groups is 1. The number of allylic oxidation sites excluding steroid dienone is 1. The summed E-state index contributed by atoms with van der Waals surface area (Å²) in [5.41, 5.74) is -0.974. The van der Waals surface area contributed by atoms with Gasteiger partial charge in [-0.3, -0.25) is 4.79 Å². The van der Waals surface area contributed by atoms with E-state index < -0.39 is 11.2 Å². The maximum atomic E-state index is 12.5. The molecule has 0 saturated heterocycles. The lowest BCUT2D eigenvalue weighted by atomic mass is 9.82. The average molecular weight is 318 g/mol. The van der Waals surface area contributed by atoms with E-state index >= 15 is 0 Å². The Kier molecular flexibility index (Phi) is 3.70. The minimum atomic E-state index is -1.22. The monoisotopic (exact) mass is 318 g/mol. The second kappa shape index (κ2) is 5.03. The normalized spacial score (nSPS) is 46.2. The van der Waals surface area contributed by atoms with Crippen molar-refractivity contribution in [2.24, 2.45) is 23.2 Å². The molecule has 0 aromatic rings. The summed E-state index contributed by atoms with van der Waals surface area (Å²) in [4.78, 5) is 12.5. The number of carbonyl (C=O) groups excluding carboxylic acids is 1. The van der Waals surface area contributed by atoms with Gasteiger partial charge in [0.05, 0.1) is 5.60 Å². The van der Waals surface area contributed by atoms with E-state index in [2.05, 4.69) is 20.8 Å². The van der Waals surface area contributed by atoms with Gasteiger partial charge in [0.25, 0.3) is 0 Å². The first kappa shape index (κ1) is 16.9. The Bertz CT molecular complexity index is 596. The van der Waals surface area contributed by atoms with Crippen molar-refractivity contribution in [1.29, 1.82) is 0 Å². The van der Waals surface area contributed by atoms with Crippen LogP contribution >= 0.6 is 0 Å². The van der Waals surface area contributed by atoms with Crippen molar-refractivity contribution in [2.45, 2.75) is 71.5 Å². The van der Waals surface area contributed by atoms with E-state index in [0.717, 1.165) is 12.8 Å². The van der Waals surface area contributed by atoms with Gasteiger partial charge in [0.15, 0.2) is 5.78 Å². The fraction of sp³-hybridized carbons (Fsp3) is 0.750. The van der Waals surface area contributed by atoms with Gasteiger partial charge in [0.1, 0.15) is 5.60 Å². The predicted molar refractivity (Wildman–Crippen MR) is 90.8 cm³/mol. The Balaban J connectivity index is 1.98. The van der Waals surface area contributed by atoms with Crippen LogP contribution < -0.4 is 0 Å². The number of hydrogen-bond acceptors (Lipinski definition) is 3. The molecular formula is C20H30O3. The van der Waals surface area contributed by atoms with E-state index in [0.29, 0.717) is 47.2 Å². The van der Waals surface area contributed by atoms with Crippen LogP contribution in [0.5, 0.6) is 0 Å². The summed E-state index contributed by atoms with van der Waals surface area (Å²) in [5, 5.41) is 21.9. The Morgan fingerprint density at radius 2 is 1.78 bits per heavy atom. The number of rotatable bonds is 0. The minimum Gasteiger partial charge on any atom is -0.386 e. The van der Waals surface area contributed by atoms with Gasteiger partial charge in [-0.25, -0.2) is 0 Å². The fourth-order valence-electron chi connectivity index (χ4n) is 5.05. The van der Waals surface area contributed by atoms with Crippen LogP contribution in [0, 0.1) is 23.2 Å². The predicted octanol–water partition coefficient (Wildman–Crippen LogP) is 3.41. The first-order valence-electron chi connectivity index (χ1n) is 8.88. The summed E-state index contributed by atoms with van der Waals surface area (Å²) in [5.74, 6) is 1.51. The average Bonchev–Trinajstić information content (AvgIpc) is 2.84. The van der Waals surface area contributed by atoms with Crippen LogP contribution in [0.15, 0.2) is 23.3 Å². The van der Waals surface area contributed by atoms with Crippen molar-refractivity contribution in [2.75, 3.05) is 0 Å². The molecule has 5 atom stereocenters. The topological polar surface area (TPSA) is 57.5 Å². The summed E-state index contributed by atoms with van der Waals surface area (Å²) in [6.07, 6.45) is 6.57. The SMILES string of the molecule is CC1=C[C@]2(O)CC(C)C[C@@H]3[C@H](CC[C@](C)(O)C=C2C1=O)C3(C)C. The van der Waals surface area contributed by atoms with Crippen LogP contribution in [0.3, 0.4) is 0 Å². The minimum absolute atomic E-state index is 0.121. The van der Waals surface area contributed by atoms with Crippen LogP contribution in [0.2, 0.25) is 0 Å². The molecule has 3 aliphatic carbocycles. The number of ketones is 1. The third-order valence-electron chi connectivity index (χ3n) is 6.55. The zero-order valence-electron chi connectivity index (χ0n) is 15.0. The Hall–Kier alpha value is -0.930. The summed E-state index contributed by atoms with van der Waals surface area (Å²) < 4.78 is 0. The molecule has 0 aromatic carbocycles. The van der Waals surface area contributed by atoms with Crippen molar-refractivity contribution in [3.8, 4) is 0 Å². The molecule has 23 heavy (non-hydrogen) atoms. The molecule has 0 amide bonds. The molecule has 3 nitrogen and oxygen atoms in total. The molecule has 1 unspecified atom stereocenters. The van der Waals surface area contributed by atoms with Crippen LogP contribution in [0.4, 0.5) is 0 Å². The van der Waals surface area contributed by atoms with E-state index in [-0.39, 0.29) is 5.78 Å². The second-order valence-corrected chi connectivity index (χ2v) is 9.11. The summed E-state index contributed by atoms with van der Waals surface area (Å²) in [7, 11) is 0. The molecule has 0 heterocycles. The van der Waals surface area contributed by atoms with E-state index in [1.807, 2.05) is 0 Å². The lowest BCUT2D eigenvalue weighted by molar-refractivity contribution is -0.113. The molecule has 3 rings (SSSR count). The molecule has 3 aliphatic rings. The maximum Gasteiger partial charge on any atom is 0.187 e. The van der Waals surface area contributed by atoms with Gasteiger partial charge in [-0.15, -0.1) is 0 Å². The molecule has 0 radical (unpaired) electrons. The molecule has 2 N–H and O–H groups in total. The van der Waals surface area contributed by atoms with Crippen LogP contribution in [0.25, 0.3) is 0 Å². The molecule has 0 aromatic heterocycles. The molecular weight excluding hydrogens is 288 g/mol. The third kappa shape index (κ3) is 2.83. The highest BCUT2D eigenvalue weighted by atomic mass is 16.3. The fourth-order valence-corrected chi connectivity index (χ4v) is 5.05. The first-order chi connectivity index (χ1) is 10.5. The van der Waals surface area contributed by atoms with Crippen LogP contribution in [0.1, 0.15) is 60.3 Å². The van der Waals surface area contributed by atoms with Crippen molar-refractivity contribution in [3.05, 3.63) is 23.3 Å². The van der Waals surface area contributed by atoms with E-state index in [4.69, 9.17) is 0 Å². The molecule has 128 valence electrons. The quantitative estimate of drug-likeness (QED) is 0.719. The first-order valence-corrected chi connectivity index (χ1v) is 8.88. The van der Waals surface area contributed by atoms with Gasteiger partial charge in [0.2, 0.25) is 0 Å². The molecule has 0 bridgehead atoms. The second-order valence-electron chi connectivity index (χ2n) is 9.11. The number of Topliss-reactive ketones (excluding diaryl/α,β-unsaturated/α-hetero) is 1. The standard InChI is InChI=1S/C20H30O3/c1-12-8-15-14(18(15,3)4)6-7-19(5,22)11-16-17(21)13(2)10-20(16,23)9-12/h10-12,14-15,22-23H,6-9H2,1-5H3/t12?,14-,15+,19-,20+/m0/s1. The van der Waals surface area contributed by atoms with Gasteiger partial charge < -0.3 is 10.2 Å². The van der Waals surface area contributed by atoms with E-state index in [9.17, 15) is 15.0 Å². The zero-order chi connectivity index (χ0) is 17.2. The molecule has 3 heteroatoms. The highest BCUT2D eigenvalue weighted by Gasteiger charge is 2.57. The van der Waals surface area contributed by atoms with Gasteiger partial charge in [0, 0.05) is 5.57 Å². The summed E-state index contributed by atoms with van der Waals surface area (Å²) in [6, 6.07) is 0. The van der Waals surface area contributed by atoms with Gasteiger partial charge in [-0.05, 0) is 80.4 Å². The van der Waals surface area contributed by atoms with E-state index in [1.165, 1.54) is 0 Å². The maximum absolute atomic E-state index is 12.5. The Morgan fingerprint density at radius 1 is 1.13 bits per heavy atom. The van der Waals surface area contributed by atoms with Crippen LogP contribution in [-0.4, -0.2) is 27.2 Å². The van der Waals surface area contributed by atoms with Crippen molar-refractivity contribution in [3.63, 3.8) is 0 Å². The highest BCUT2D eigenvalue weighted by molar-refractivity contribution is 6.12. The van der Waals surface area contributed by atoms with Crippen molar-refractivity contribution >= 4 is 5.78 Å². The highest BCUT2D eigenvalue weighted by Crippen LogP contribution is 2.63. The molecule has 1 saturated carbocycles. The largest absolute Gasteiger partial charge is 0.386 e. The van der Waals surface area contributed by atoms with E-state index in [1.54, 1.807) is 26.0 Å². The smallest absolute Gasteiger partial charge is 0.187 e. The van der Waals surface area contributed by atoms with Gasteiger partial charge in [-0.2, -0.15) is 0 Å². The number of aliphatic hydroxyl groups is 2. The number of fused-ring (bicyclic) bond motifs is 2. The molecule has 0 spiro atoms. The number of hydrogen-bond donors (Lipinski definition) is 2. The zero-order valence-corrected chi connectivity index (χ0v) is 15.0. The Labute approximate surface area is 139 Å². The summed E-state index contributed by atoms with van der Waals surface area (Å²) in [6.45, 7) is 10.3. The van der Waals surface area contributed by atoms with Gasteiger partial charge >= 0.3 is 0 Å². The van der Waals surface area contributed by atoms with Crippen molar-refractivity contribution < 1.29 is 15.0 Å². The molecule has 1 fully saturated rings.